The van der Waals surface area contributed by atoms with Gasteiger partial charge in [-0.2, -0.15) is 0 Å². The van der Waals surface area contributed by atoms with Crippen LogP contribution in [0.25, 0.3) is 0 Å². The van der Waals surface area contributed by atoms with E-state index in [9.17, 15) is 13.2 Å². The smallest absolute Gasteiger partial charge is 0.258 e. The average Bonchev–Trinajstić information content (AvgIpc) is 2.80. The van der Waals surface area contributed by atoms with Gasteiger partial charge in [0.15, 0.2) is 4.75 Å². The van der Waals surface area contributed by atoms with Gasteiger partial charge in [-0.1, -0.05) is 0 Å². The van der Waals surface area contributed by atoms with Crippen LogP contribution in [-0.2, 0) is 21.4 Å². The summed E-state index contributed by atoms with van der Waals surface area (Å²) in [6.45, 7) is 3.93. The lowest BCUT2D eigenvalue weighted by molar-refractivity contribution is -0.132. The molecule has 100 valence electrons. The first kappa shape index (κ1) is 13.1. The fourth-order valence-electron chi connectivity index (χ4n) is 1.78. The molecule has 0 radical (unpaired) electrons. The number of rotatable bonds is 5. The highest BCUT2D eigenvalue weighted by molar-refractivity contribution is 7.94. The first-order valence-electron chi connectivity index (χ1n) is 5.67. The van der Waals surface area contributed by atoms with Gasteiger partial charge in [0.25, 0.3) is 15.9 Å². The summed E-state index contributed by atoms with van der Waals surface area (Å²) in [5.41, 5.74) is 0. The van der Waals surface area contributed by atoms with Crippen molar-refractivity contribution in [1.29, 1.82) is 0 Å². The average molecular weight is 272 g/mol. The van der Waals surface area contributed by atoms with Gasteiger partial charge in [-0.15, -0.1) is 0 Å². The third kappa shape index (κ3) is 1.93. The summed E-state index contributed by atoms with van der Waals surface area (Å²) in [6.07, 6.45) is 1.57. The predicted octanol–water partition coefficient (Wildman–Crippen LogP) is 0.320. The standard InChI is InChI=1S/C11H16N2O4S/c1-11(2)10(14)13(18(11,15)16)6-5-12-8-9-4-3-7-17-9/h3-4,7,12H,5-6,8H2,1-2H3. The Labute approximate surface area is 106 Å². The highest BCUT2D eigenvalue weighted by Gasteiger charge is 2.59. The molecule has 0 aromatic carbocycles. The largest absolute Gasteiger partial charge is 0.468 e. The van der Waals surface area contributed by atoms with Crippen molar-refractivity contribution in [1.82, 2.24) is 9.62 Å². The second-order valence-electron chi connectivity index (χ2n) is 4.65. The molecule has 7 heteroatoms. The maximum Gasteiger partial charge on any atom is 0.258 e. The second kappa shape index (κ2) is 4.40. The zero-order chi connectivity index (χ0) is 13.4. The molecule has 2 rings (SSSR count). The molecule has 1 N–H and O–H groups in total. The van der Waals surface area contributed by atoms with Crippen molar-refractivity contribution in [3.63, 3.8) is 0 Å². The fourth-order valence-corrected chi connectivity index (χ4v) is 3.31. The van der Waals surface area contributed by atoms with E-state index in [1.54, 1.807) is 12.3 Å². The zero-order valence-electron chi connectivity index (χ0n) is 10.3. The van der Waals surface area contributed by atoms with Crippen LogP contribution in [0.4, 0.5) is 0 Å². The Morgan fingerprint density at radius 1 is 1.44 bits per heavy atom. The van der Waals surface area contributed by atoms with Crippen LogP contribution in [-0.4, -0.2) is 36.5 Å². The minimum Gasteiger partial charge on any atom is -0.468 e. The summed E-state index contributed by atoms with van der Waals surface area (Å²) in [5, 5.41) is 3.02. The number of hydrogen-bond acceptors (Lipinski definition) is 5. The van der Waals surface area contributed by atoms with Crippen molar-refractivity contribution in [2.24, 2.45) is 0 Å². The van der Waals surface area contributed by atoms with Gasteiger partial charge in [-0.05, 0) is 26.0 Å². The lowest BCUT2D eigenvalue weighted by atomic mass is 10.2. The van der Waals surface area contributed by atoms with Crippen LogP contribution < -0.4 is 5.32 Å². The monoisotopic (exact) mass is 272 g/mol. The molecule has 2 heterocycles. The van der Waals surface area contributed by atoms with Gasteiger partial charge in [0, 0.05) is 13.1 Å². The molecule has 1 aliphatic rings. The number of furan rings is 1. The Bertz CT molecular complexity index is 533. The number of carbonyl (C=O) groups is 1. The molecular formula is C11H16N2O4S. The molecule has 1 aromatic rings. The van der Waals surface area contributed by atoms with Gasteiger partial charge < -0.3 is 9.73 Å². The second-order valence-corrected chi connectivity index (χ2v) is 7.06. The molecule has 0 saturated carbocycles. The number of nitrogens with one attached hydrogen (secondary N) is 1. The molecule has 0 bridgehead atoms. The van der Waals surface area contributed by atoms with E-state index >= 15 is 0 Å². The molecule has 0 unspecified atom stereocenters. The molecule has 1 aliphatic heterocycles. The third-order valence-electron chi connectivity index (χ3n) is 3.05. The molecule has 1 fully saturated rings. The first-order valence-corrected chi connectivity index (χ1v) is 7.11. The summed E-state index contributed by atoms with van der Waals surface area (Å²) in [5.74, 6) is 0.426. The first-order chi connectivity index (χ1) is 8.37. The maximum absolute atomic E-state index is 11.8. The Kier molecular flexibility index (Phi) is 3.20. The molecule has 0 spiro atoms. The molecule has 18 heavy (non-hydrogen) atoms. The number of sulfonamides is 1. The molecule has 0 atom stereocenters. The van der Waals surface area contributed by atoms with Crippen LogP contribution in [0.5, 0.6) is 0 Å². The van der Waals surface area contributed by atoms with E-state index in [2.05, 4.69) is 5.32 Å². The maximum atomic E-state index is 11.8. The van der Waals surface area contributed by atoms with E-state index < -0.39 is 14.8 Å². The third-order valence-corrected chi connectivity index (χ3v) is 5.44. The molecule has 1 amide bonds. The highest BCUT2D eigenvalue weighted by atomic mass is 32.2. The molecule has 6 nitrogen and oxygen atoms in total. The van der Waals surface area contributed by atoms with Gasteiger partial charge in [0.05, 0.1) is 12.8 Å². The Hall–Kier alpha value is -1.34. The van der Waals surface area contributed by atoms with Crippen LogP contribution in [0.3, 0.4) is 0 Å². The molecular weight excluding hydrogens is 256 g/mol. The van der Waals surface area contributed by atoms with Gasteiger partial charge in [0.1, 0.15) is 5.76 Å². The van der Waals surface area contributed by atoms with E-state index in [4.69, 9.17) is 4.42 Å². The van der Waals surface area contributed by atoms with Gasteiger partial charge in [-0.3, -0.25) is 4.79 Å². The minimum absolute atomic E-state index is 0.158. The van der Waals surface area contributed by atoms with Crippen molar-refractivity contribution in [3.05, 3.63) is 24.2 Å². The van der Waals surface area contributed by atoms with Crippen LogP contribution in [0.1, 0.15) is 19.6 Å². The quantitative estimate of drug-likeness (QED) is 0.781. The van der Waals surface area contributed by atoms with Crippen LogP contribution in [0, 0.1) is 0 Å². The predicted molar refractivity (Wildman–Crippen MR) is 65.1 cm³/mol. The zero-order valence-corrected chi connectivity index (χ0v) is 11.2. The topological polar surface area (TPSA) is 79.6 Å². The van der Waals surface area contributed by atoms with Crippen LogP contribution in [0.2, 0.25) is 0 Å². The number of nitrogens with zero attached hydrogens (tertiary/aromatic N) is 1. The molecule has 1 saturated heterocycles. The summed E-state index contributed by atoms with van der Waals surface area (Å²) < 4.78 is 28.3. The van der Waals surface area contributed by atoms with E-state index in [1.807, 2.05) is 6.07 Å². The summed E-state index contributed by atoms with van der Waals surface area (Å²) in [4.78, 5) is 11.6. The van der Waals surface area contributed by atoms with Crippen LogP contribution >= 0.6 is 0 Å². The molecule has 1 aromatic heterocycles. The molecule has 0 aliphatic carbocycles. The summed E-state index contributed by atoms with van der Waals surface area (Å²) >= 11 is 0. The van der Waals surface area contributed by atoms with Crippen molar-refractivity contribution in [2.75, 3.05) is 13.1 Å². The van der Waals surface area contributed by atoms with Crippen molar-refractivity contribution >= 4 is 15.9 Å². The van der Waals surface area contributed by atoms with Gasteiger partial charge >= 0.3 is 0 Å². The van der Waals surface area contributed by atoms with Crippen LogP contribution in [0.15, 0.2) is 22.8 Å². The van der Waals surface area contributed by atoms with E-state index in [-0.39, 0.29) is 12.5 Å². The Morgan fingerprint density at radius 3 is 2.72 bits per heavy atom. The highest BCUT2D eigenvalue weighted by Crippen LogP contribution is 2.34. The number of carbonyl (C=O) groups excluding carboxylic acids is 1. The summed E-state index contributed by atoms with van der Waals surface area (Å²) in [7, 11) is -3.46. The Balaban J connectivity index is 1.80. The van der Waals surface area contributed by atoms with Crippen molar-refractivity contribution in [3.8, 4) is 0 Å². The SMILES string of the molecule is CC1(C)C(=O)N(CCNCc2ccco2)S1(=O)=O. The van der Waals surface area contributed by atoms with E-state index in [1.165, 1.54) is 13.8 Å². The number of hydrogen-bond donors (Lipinski definition) is 1. The van der Waals surface area contributed by atoms with Crippen molar-refractivity contribution < 1.29 is 17.6 Å². The summed E-state index contributed by atoms with van der Waals surface area (Å²) in [6, 6.07) is 3.60. The lowest BCUT2D eigenvalue weighted by Gasteiger charge is -2.43. The fraction of sp³-hybridized carbons (Fsp3) is 0.545. The van der Waals surface area contributed by atoms with Gasteiger partial charge in [0.2, 0.25) is 0 Å². The van der Waals surface area contributed by atoms with E-state index in [0.29, 0.717) is 13.1 Å². The Morgan fingerprint density at radius 2 is 2.17 bits per heavy atom. The number of amides is 1. The lowest BCUT2D eigenvalue weighted by Crippen LogP contribution is -2.67. The normalized spacial score (nSPS) is 20.8. The van der Waals surface area contributed by atoms with E-state index in [0.717, 1.165) is 10.1 Å². The minimum atomic E-state index is -3.46. The van der Waals surface area contributed by atoms with Crippen molar-refractivity contribution in [2.45, 2.75) is 25.1 Å². The van der Waals surface area contributed by atoms with Gasteiger partial charge in [-0.25, -0.2) is 12.7 Å².